The molecular weight excluding hydrogens is 280 g/mol. The molecule has 0 saturated carbocycles. The fourth-order valence-corrected chi connectivity index (χ4v) is 6.98. The molecule has 0 aromatic carbocycles. The number of carbonyl (C=O) groups is 2. The van der Waals surface area contributed by atoms with E-state index in [9.17, 15) is 9.59 Å². The molecule has 0 aromatic heterocycles. The van der Waals surface area contributed by atoms with Gasteiger partial charge in [0.15, 0.2) is 8.32 Å². The first kappa shape index (κ1) is 17.8. The summed E-state index contributed by atoms with van der Waals surface area (Å²) in [5, 5.41) is 0. The zero-order valence-corrected chi connectivity index (χ0v) is 14.5. The summed E-state index contributed by atoms with van der Waals surface area (Å²) < 4.78 is 16.2. The summed E-state index contributed by atoms with van der Waals surface area (Å²) in [7, 11) is -5.44. The van der Waals surface area contributed by atoms with Crippen molar-refractivity contribution in [2.45, 2.75) is 40.0 Å². The lowest BCUT2D eigenvalue weighted by Gasteiger charge is -2.31. The molecule has 0 N–H and O–H groups in total. The van der Waals surface area contributed by atoms with Crippen LogP contribution in [0.15, 0.2) is 24.3 Å². The molecule has 0 aliphatic rings. The molecule has 0 atom stereocenters. The molecule has 0 aliphatic heterocycles. The lowest BCUT2D eigenvalue weighted by molar-refractivity contribution is -0.139. The quantitative estimate of drug-likeness (QED) is 0.557. The molecule has 108 valence electrons. The van der Waals surface area contributed by atoms with Crippen LogP contribution in [0, 0.1) is 0 Å². The molecule has 0 rings (SSSR count). The van der Waals surface area contributed by atoms with Crippen molar-refractivity contribution in [3.05, 3.63) is 24.3 Å². The number of hydrogen-bond donors (Lipinski definition) is 0. The minimum Gasteiger partial charge on any atom is -0.461 e. The first-order valence-electron chi connectivity index (χ1n) is 5.84. The summed E-state index contributed by atoms with van der Waals surface area (Å²) in [5.41, 5.74) is 0.452. The van der Waals surface area contributed by atoms with Crippen LogP contribution in [0.5, 0.6) is 0 Å². The van der Waals surface area contributed by atoms with Crippen LogP contribution >= 0.6 is 0 Å². The summed E-state index contributed by atoms with van der Waals surface area (Å²) in [5.74, 6) is -1.25. The van der Waals surface area contributed by atoms with Crippen LogP contribution in [-0.2, 0) is 22.6 Å². The third-order valence-corrected chi connectivity index (χ3v) is 6.79. The molecule has 19 heavy (non-hydrogen) atoms. The van der Waals surface area contributed by atoms with Crippen LogP contribution in [-0.4, -0.2) is 29.1 Å². The maximum absolute atomic E-state index is 11.6. The van der Waals surface area contributed by atoms with Crippen LogP contribution in [0.4, 0.5) is 0 Å². The van der Waals surface area contributed by atoms with Gasteiger partial charge in [0.25, 0.3) is 0 Å². The third kappa shape index (κ3) is 7.09. The van der Waals surface area contributed by atoms with Crippen LogP contribution in [0.1, 0.15) is 13.8 Å². The second-order valence-electron chi connectivity index (χ2n) is 5.42. The van der Waals surface area contributed by atoms with E-state index in [-0.39, 0.29) is 11.1 Å². The Hall–Kier alpha value is -1.19. The van der Waals surface area contributed by atoms with Gasteiger partial charge in [0.1, 0.15) is 0 Å². The fourth-order valence-electron chi connectivity index (χ4n) is 1.13. The Bertz CT molecular complexity index is 381. The normalized spacial score (nSPS) is 11.7. The predicted octanol–water partition coefficient (Wildman–Crippen LogP) is 2.65. The first-order chi connectivity index (χ1) is 8.36. The Morgan fingerprint density at radius 1 is 0.842 bits per heavy atom. The van der Waals surface area contributed by atoms with Crippen molar-refractivity contribution in [3.8, 4) is 0 Å². The van der Waals surface area contributed by atoms with Gasteiger partial charge in [-0.3, -0.25) is 0 Å². The molecular formula is C12H22O5Si2. The maximum Gasteiger partial charge on any atom is 0.622 e. The highest BCUT2D eigenvalue weighted by Gasteiger charge is 2.47. The fraction of sp³-hybridized carbons (Fsp3) is 0.500. The summed E-state index contributed by atoms with van der Waals surface area (Å²) in [6.45, 7) is 17.3. The monoisotopic (exact) mass is 302 g/mol. The smallest absolute Gasteiger partial charge is 0.461 e. The SMILES string of the molecule is C=C(C)C(=O)O[Si](C)(OC(=O)C(=C)C)O[Si](C)(C)C. The largest absolute Gasteiger partial charge is 0.622 e. The molecule has 0 heterocycles. The second-order valence-corrected chi connectivity index (χ2v) is 12.6. The lowest BCUT2D eigenvalue weighted by Crippen LogP contribution is -2.52. The van der Waals surface area contributed by atoms with E-state index in [0.29, 0.717) is 0 Å². The zero-order valence-electron chi connectivity index (χ0n) is 12.5. The zero-order chi connectivity index (χ0) is 15.4. The highest BCUT2D eigenvalue weighted by molar-refractivity contribution is 6.80. The van der Waals surface area contributed by atoms with Crippen molar-refractivity contribution in [2.24, 2.45) is 0 Å². The van der Waals surface area contributed by atoms with E-state index in [1.54, 1.807) is 0 Å². The van der Waals surface area contributed by atoms with Gasteiger partial charge in [-0.1, -0.05) is 13.2 Å². The minimum absolute atomic E-state index is 0.226. The third-order valence-electron chi connectivity index (χ3n) is 1.74. The standard InChI is InChI=1S/C12H22O5Si2/c1-9(2)11(13)15-19(8,17-18(5,6)7)16-12(14)10(3)4/h1,3H2,2,4-8H3. The van der Waals surface area contributed by atoms with E-state index >= 15 is 0 Å². The summed E-state index contributed by atoms with van der Waals surface area (Å²) in [4.78, 5) is 23.3. The average Bonchev–Trinajstić information content (AvgIpc) is 2.12. The van der Waals surface area contributed by atoms with Gasteiger partial charge in [-0.2, -0.15) is 0 Å². The van der Waals surface area contributed by atoms with Gasteiger partial charge in [-0.15, -0.1) is 0 Å². The molecule has 0 aliphatic carbocycles. The van der Waals surface area contributed by atoms with Crippen LogP contribution in [0.2, 0.25) is 26.2 Å². The van der Waals surface area contributed by atoms with Gasteiger partial charge in [0, 0.05) is 17.7 Å². The number of rotatable bonds is 6. The van der Waals surface area contributed by atoms with E-state index in [1.165, 1.54) is 20.4 Å². The van der Waals surface area contributed by atoms with Crippen molar-refractivity contribution >= 4 is 29.1 Å². The Morgan fingerprint density at radius 2 is 1.16 bits per heavy atom. The van der Waals surface area contributed by atoms with Crippen molar-refractivity contribution in [2.75, 3.05) is 0 Å². The van der Waals surface area contributed by atoms with Gasteiger partial charge in [0.05, 0.1) is 0 Å². The summed E-state index contributed by atoms with van der Waals surface area (Å²) >= 11 is 0. The van der Waals surface area contributed by atoms with Gasteiger partial charge < -0.3 is 13.0 Å². The van der Waals surface area contributed by atoms with E-state index in [4.69, 9.17) is 13.0 Å². The highest BCUT2D eigenvalue weighted by atomic mass is 28.5. The van der Waals surface area contributed by atoms with Crippen molar-refractivity contribution in [3.63, 3.8) is 0 Å². The maximum atomic E-state index is 11.6. The summed E-state index contributed by atoms with van der Waals surface area (Å²) in [6.07, 6.45) is 0. The highest BCUT2D eigenvalue weighted by Crippen LogP contribution is 2.19. The van der Waals surface area contributed by atoms with E-state index < -0.39 is 29.1 Å². The molecule has 0 saturated heterocycles. The van der Waals surface area contributed by atoms with E-state index in [2.05, 4.69) is 13.2 Å². The molecule has 0 unspecified atom stereocenters. The van der Waals surface area contributed by atoms with Crippen LogP contribution in [0.3, 0.4) is 0 Å². The van der Waals surface area contributed by atoms with Crippen LogP contribution < -0.4 is 0 Å². The van der Waals surface area contributed by atoms with E-state index in [0.717, 1.165) is 0 Å². The molecule has 0 radical (unpaired) electrons. The second kappa shape index (κ2) is 6.31. The Kier molecular flexibility index (Phi) is 5.92. The van der Waals surface area contributed by atoms with Crippen molar-refractivity contribution in [1.29, 1.82) is 0 Å². The topological polar surface area (TPSA) is 61.8 Å². The molecule has 0 spiro atoms. The average molecular weight is 302 g/mol. The predicted molar refractivity (Wildman–Crippen MR) is 77.9 cm³/mol. The first-order valence-corrected chi connectivity index (χ1v) is 11.5. The molecule has 0 aromatic rings. The Balaban J connectivity index is 5.12. The molecule has 5 nitrogen and oxygen atoms in total. The lowest BCUT2D eigenvalue weighted by atomic mass is 10.4. The van der Waals surface area contributed by atoms with E-state index in [1.807, 2.05) is 19.6 Å². The number of hydrogen-bond acceptors (Lipinski definition) is 5. The van der Waals surface area contributed by atoms with Gasteiger partial charge in [0.2, 0.25) is 0 Å². The Labute approximate surface area is 116 Å². The summed E-state index contributed by atoms with van der Waals surface area (Å²) in [6, 6.07) is 0. The number of carbonyl (C=O) groups excluding carboxylic acids is 2. The van der Waals surface area contributed by atoms with Gasteiger partial charge in [-0.25, -0.2) is 9.59 Å². The van der Waals surface area contributed by atoms with Gasteiger partial charge >= 0.3 is 20.7 Å². The Morgan fingerprint density at radius 3 is 1.37 bits per heavy atom. The van der Waals surface area contributed by atoms with Gasteiger partial charge in [-0.05, 0) is 33.5 Å². The van der Waals surface area contributed by atoms with Crippen molar-refractivity contribution < 1.29 is 22.6 Å². The molecule has 0 amide bonds. The molecule has 0 bridgehead atoms. The molecule has 7 heteroatoms. The minimum atomic E-state index is -3.40. The molecule has 0 fully saturated rings. The van der Waals surface area contributed by atoms with Crippen molar-refractivity contribution in [1.82, 2.24) is 0 Å². The van der Waals surface area contributed by atoms with Crippen LogP contribution in [0.25, 0.3) is 0 Å².